The molecule has 0 spiro atoms. The van der Waals surface area contributed by atoms with Gasteiger partial charge in [-0.15, -0.1) is 0 Å². The third-order valence-corrected chi connectivity index (χ3v) is 6.56. The highest BCUT2D eigenvalue weighted by Gasteiger charge is 2.29. The average Bonchev–Trinajstić information content (AvgIpc) is 3.17. The molecule has 132 valence electrons. The Morgan fingerprint density at radius 1 is 1.25 bits per heavy atom. The number of rotatable bonds is 4. The van der Waals surface area contributed by atoms with Gasteiger partial charge in [-0.25, -0.2) is 8.42 Å². The molecule has 2 fully saturated rings. The molecule has 1 aromatic rings. The lowest BCUT2D eigenvalue weighted by Gasteiger charge is -2.32. The van der Waals surface area contributed by atoms with Crippen LogP contribution in [0.15, 0.2) is 29.2 Å². The fourth-order valence-electron chi connectivity index (χ4n) is 3.20. The Hall–Kier alpha value is -1.44. The summed E-state index contributed by atoms with van der Waals surface area (Å²) in [5.74, 6) is -0.129. The van der Waals surface area contributed by atoms with Gasteiger partial charge in [-0.1, -0.05) is 13.0 Å². The van der Waals surface area contributed by atoms with E-state index in [1.807, 2.05) is 6.92 Å². The summed E-state index contributed by atoms with van der Waals surface area (Å²) in [6, 6.07) is 6.40. The molecule has 2 heterocycles. The highest BCUT2D eigenvalue weighted by atomic mass is 32.2. The maximum Gasteiger partial charge on any atom is 0.254 e. The molecule has 1 unspecified atom stereocenters. The number of amides is 1. The smallest absolute Gasteiger partial charge is 0.254 e. The second-order valence-electron chi connectivity index (χ2n) is 6.29. The molecule has 1 aromatic carbocycles. The fraction of sp³-hybridized carbons (Fsp3) is 0.588. The van der Waals surface area contributed by atoms with E-state index < -0.39 is 10.0 Å². The van der Waals surface area contributed by atoms with Crippen LogP contribution in [-0.4, -0.2) is 62.4 Å². The van der Waals surface area contributed by atoms with Crippen molar-refractivity contribution in [3.05, 3.63) is 29.8 Å². The number of hydrogen-bond donors (Lipinski definition) is 0. The van der Waals surface area contributed by atoms with Crippen molar-refractivity contribution in [1.82, 2.24) is 9.21 Å². The molecule has 0 saturated carbocycles. The number of ether oxygens (including phenoxy) is 1. The van der Waals surface area contributed by atoms with E-state index in [0.29, 0.717) is 38.3 Å². The molecular weight excluding hydrogens is 328 g/mol. The van der Waals surface area contributed by atoms with Crippen LogP contribution < -0.4 is 0 Å². The first kappa shape index (κ1) is 17.4. The van der Waals surface area contributed by atoms with Crippen molar-refractivity contribution >= 4 is 15.9 Å². The van der Waals surface area contributed by atoms with E-state index in [0.717, 1.165) is 19.3 Å². The molecule has 24 heavy (non-hydrogen) atoms. The number of sulfonamides is 1. The first-order valence-corrected chi connectivity index (χ1v) is 9.97. The van der Waals surface area contributed by atoms with Crippen LogP contribution in [0.2, 0.25) is 0 Å². The quantitative estimate of drug-likeness (QED) is 0.828. The van der Waals surface area contributed by atoms with E-state index in [1.54, 1.807) is 23.1 Å². The maximum absolute atomic E-state index is 12.7. The van der Waals surface area contributed by atoms with Crippen molar-refractivity contribution in [3.8, 4) is 0 Å². The van der Waals surface area contributed by atoms with Crippen LogP contribution >= 0.6 is 0 Å². The standard InChI is InChI=1S/C17H24N2O4S/c1-2-15-13-18(10-11-23-15)17(20)14-6-5-7-16(12-14)24(21,22)19-8-3-4-9-19/h5-7,12,15H,2-4,8-11,13H2,1H3. The lowest BCUT2D eigenvalue weighted by molar-refractivity contribution is -0.0226. The van der Waals surface area contributed by atoms with E-state index >= 15 is 0 Å². The van der Waals surface area contributed by atoms with Gasteiger partial charge in [-0.2, -0.15) is 4.31 Å². The second kappa shape index (κ2) is 7.21. The lowest BCUT2D eigenvalue weighted by Crippen LogP contribution is -2.45. The number of benzene rings is 1. The Morgan fingerprint density at radius 3 is 2.71 bits per heavy atom. The Balaban J connectivity index is 1.81. The van der Waals surface area contributed by atoms with Gasteiger partial charge in [0.05, 0.1) is 17.6 Å². The summed E-state index contributed by atoms with van der Waals surface area (Å²) in [7, 11) is -3.50. The highest BCUT2D eigenvalue weighted by molar-refractivity contribution is 7.89. The van der Waals surface area contributed by atoms with Crippen molar-refractivity contribution in [3.63, 3.8) is 0 Å². The molecule has 0 bridgehead atoms. The molecule has 1 amide bonds. The summed E-state index contributed by atoms with van der Waals surface area (Å²) in [6.07, 6.45) is 2.69. The Labute approximate surface area is 143 Å². The minimum absolute atomic E-state index is 0.0548. The summed E-state index contributed by atoms with van der Waals surface area (Å²) < 4.78 is 32.4. The average molecular weight is 352 g/mol. The zero-order valence-corrected chi connectivity index (χ0v) is 14.8. The van der Waals surface area contributed by atoms with Gasteiger partial charge in [-0.05, 0) is 37.5 Å². The second-order valence-corrected chi connectivity index (χ2v) is 8.23. The minimum atomic E-state index is -3.50. The molecule has 6 nitrogen and oxygen atoms in total. The van der Waals surface area contributed by atoms with Gasteiger partial charge in [0.2, 0.25) is 10.0 Å². The zero-order valence-electron chi connectivity index (χ0n) is 14.0. The number of hydrogen-bond acceptors (Lipinski definition) is 4. The molecule has 2 saturated heterocycles. The monoisotopic (exact) mass is 352 g/mol. The topological polar surface area (TPSA) is 66.9 Å². The van der Waals surface area contributed by atoms with Gasteiger partial charge in [0.1, 0.15) is 0 Å². The van der Waals surface area contributed by atoms with Crippen LogP contribution in [-0.2, 0) is 14.8 Å². The molecule has 2 aliphatic heterocycles. The Bertz CT molecular complexity index is 698. The van der Waals surface area contributed by atoms with Gasteiger partial charge in [0.25, 0.3) is 5.91 Å². The molecule has 0 radical (unpaired) electrons. The normalized spacial score (nSPS) is 22.7. The summed E-state index contributed by atoms with van der Waals surface area (Å²) in [4.78, 5) is 14.7. The predicted octanol–water partition coefficient (Wildman–Crippen LogP) is 1.72. The molecule has 0 aliphatic carbocycles. The Kier molecular flexibility index (Phi) is 5.22. The molecule has 3 rings (SSSR count). The van der Waals surface area contributed by atoms with Crippen molar-refractivity contribution in [1.29, 1.82) is 0 Å². The zero-order chi connectivity index (χ0) is 17.2. The van der Waals surface area contributed by atoms with Crippen LogP contribution in [0.4, 0.5) is 0 Å². The van der Waals surface area contributed by atoms with E-state index in [2.05, 4.69) is 0 Å². The van der Waals surface area contributed by atoms with E-state index in [1.165, 1.54) is 10.4 Å². The third kappa shape index (κ3) is 3.48. The van der Waals surface area contributed by atoms with Crippen LogP contribution in [0.5, 0.6) is 0 Å². The van der Waals surface area contributed by atoms with Gasteiger partial charge >= 0.3 is 0 Å². The van der Waals surface area contributed by atoms with Gasteiger partial charge in [0.15, 0.2) is 0 Å². The minimum Gasteiger partial charge on any atom is -0.375 e. The van der Waals surface area contributed by atoms with Crippen LogP contribution in [0.25, 0.3) is 0 Å². The van der Waals surface area contributed by atoms with Gasteiger partial charge in [-0.3, -0.25) is 4.79 Å². The number of carbonyl (C=O) groups is 1. The molecule has 2 aliphatic rings. The third-order valence-electron chi connectivity index (χ3n) is 4.67. The fourth-order valence-corrected chi connectivity index (χ4v) is 4.76. The van der Waals surface area contributed by atoms with Gasteiger partial charge in [0, 0.05) is 31.7 Å². The predicted molar refractivity (Wildman–Crippen MR) is 90.4 cm³/mol. The van der Waals surface area contributed by atoms with Gasteiger partial charge < -0.3 is 9.64 Å². The summed E-state index contributed by atoms with van der Waals surface area (Å²) in [5, 5.41) is 0. The van der Waals surface area contributed by atoms with Crippen molar-refractivity contribution < 1.29 is 17.9 Å². The van der Waals surface area contributed by atoms with Crippen LogP contribution in [0, 0.1) is 0 Å². The first-order chi connectivity index (χ1) is 11.5. The molecule has 1 atom stereocenters. The summed E-state index contributed by atoms with van der Waals surface area (Å²) in [5.41, 5.74) is 0.423. The molecule has 0 aromatic heterocycles. The van der Waals surface area contributed by atoms with E-state index in [4.69, 9.17) is 4.74 Å². The van der Waals surface area contributed by atoms with Crippen LogP contribution in [0.1, 0.15) is 36.5 Å². The SMILES string of the molecule is CCC1CN(C(=O)c2cccc(S(=O)(=O)N3CCCC3)c2)CCO1. The van der Waals surface area contributed by atoms with Crippen molar-refractivity contribution in [2.45, 2.75) is 37.2 Å². The first-order valence-electron chi connectivity index (χ1n) is 8.53. The summed E-state index contributed by atoms with van der Waals surface area (Å²) in [6.45, 7) is 4.76. The van der Waals surface area contributed by atoms with E-state index in [9.17, 15) is 13.2 Å². The highest BCUT2D eigenvalue weighted by Crippen LogP contribution is 2.22. The number of carbonyl (C=O) groups excluding carboxylic acids is 1. The lowest BCUT2D eigenvalue weighted by atomic mass is 10.1. The van der Waals surface area contributed by atoms with E-state index in [-0.39, 0.29) is 16.9 Å². The molecular formula is C17H24N2O4S. The molecule has 7 heteroatoms. The maximum atomic E-state index is 12.7. The summed E-state index contributed by atoms with van der Waals surface area (Å²) >= 11 is 0. The largest absolute Gasteiger partial charge is 0.375 e. The number of morpholine rings is 1. The molecule has 0 N–H and O–H groups in total. The van der Waals surface area contributed by atoms with Crippen molar-refractivity contribution in [2.24, 2.45) is 0 Å². The van der Waals surface area contributed by atoms with Crippen molar-refractivity contribution in [2.75, 3.05) is 32.8 Å². The Morgan fingerprint density at radius 2 is 2.00 bits per heavy atom. The van der Waals surface area contributed by atoms with Crippen LogP contribution in [0.3, 0.4) is 0 Å². The number of nitrogens with zero attached hydrogens (tertiary/aromatic N) is 2.